The van der Waals surface area contributed by atoms with E-state index in [4.69, 9.17) is 5.73 Å². The normalized spacial score (nSPS) is 27.6. The third-order valence-corrected chi connectivity index (χ3v) is 4.07. The number of nitrogens with two attached hydrogens (primary N) is 1. The number of rotatable bonds is 6. The zero-order valence-electron chi connectivity index (χ0n) is 11.4. The van der Waals surface area contributed by atoms with E-state index in [-0.39, 0.29) is 0 Å². The Kier molecular flexibility index (Phi) is 6.37. The highest BCUT2D eigenvalue weighted by Crippen LogP contribution is 2.26. The molecule has 1 heterocycles. The largest absolute Gasteiger partial charge is 0.330 e. The molecule has 1 fully saturated rings. The van der Waals surface area contributed by atoms with Crippen LogP contribution >= 0.6 is 0 Å². The van der Waals surface area contributed by atoms with Crippen molar-refractivity contribution in [3.05, 3.63) is 0 Å². The summed E-state index contributed by atoms with van der Waals surface area (Å²) < 4.78 is 0. The minimum atomic E-state index is 0.743. The molecule has 1 rings (SSSR count). The SMILES string of the molecule is CCCC(CCC)N1CC(CN)CCC1C. The van der Waals surface area contributed by atoms with Gasteiger partial charge in [-0.05, 0) is 45.1 Å². The quantitative estimate of drug-likeness (QED) is 0.754. The number of nitrogens with zero attached hydrogens (tertiary/aromatic N) is 1. The van der Waals surface area contributed by atoms with Crippen molar-refractivity contribution in [3.63, 3.8) is 0 Å². The lowest BCUT2D eigenvalue weighted by atomic mass is 9.90. The number of hydrogen-bond acceptors (Lipinski definition) is 2. The van der Waals surface area contributed by atoms with Crippen LogP contribution in [0.2, 0.25) is 0 Å². The molecule has 96 valence electrons. The molecule has 2 nitrogen and oxygen atoms in total. The molecule has 16 heavy (non-hydrogen) atoms. The lowest BCUT2D eigenvalue weighted by Gasteiger charge is -2.43. The first-order chi connectivity index (χ1) is 7.72. The minimum Gasteiger partial charge on any atom is -0.330 e. The summed E-state index contributed by atoms with van der Waals surface area (Å²) in [5, 5.41) is 0. The van der Waals surface area contributed by atoms with E-state index in [1.807, 2.05) is 0 Å². The van der Waals surface area contributed by atoms with E-state index in [9.17, 15) is 0 Å². The van der Waals surface area contributed by atoms with Crippen LogP contribution in [-0.2, 0) is 0 Å². The van der Waals surface area contributed by atoms with Crippen molar-refractivity contribution in [1.82, 2.24) is 4.90 Å². The fraction of sp³-hybridized carbons (Fsp3) is 1.00. The van der Waals surface area contributed by atoms with E-state index in [0.29, 0.717) is 0 Å². The summed E-state index contributed by atoms with van der Waals surface area (Å²) in [6, 6.07) is 1.57. The molecule has 0 aromatic carbocycles. The molecule has 0 radical (unpaired) electrons. The monoisotopic (exact) mass is 226 g/mol. The zero-order chi connectivity index (χ0) is 12.0. The van der Waals surface area contributed by atoms with Gasteiger partial charge in [0.05, 0.1) is 0 Å². The van der Waals surface area contributed by atoms with Gasteiger partial charge in [0.1, 0.15) is 0 Å². The summed E-state index contributed by atoms with van der Waals surface area (Å²) in [7, 11) is 0. The maximum Gasteiger partial charge on any atom is 0.00980 e. The van der Waals surface area contributed by atoms with E-state index >= 15 is 0 Å². The molecule has 1 saturated heterocycles. The molecule has 0 aromatic heterocycles. The van der Waals surface area contributed by atoms with Gasteiger partial charge in [0, 0.05) is 18.6 Å². The molecule has 0 aliphatic carbocycles. The van der Waals surface area contributed by atoms with E-state index < -0.39 is 0 Å². The Balaban J connectivity index is 2.56. The van der Waals surface area contributed by atoms with Gasteiger partial charge in [0.15, 0.2) is 0 Å². The molecule has 0 bridgehead atoms. The average molecular weight is 226 g/mol. The van der Waals surface area contributed by atoms with Crippen molar-refractivity contribution in [3.8, 4) is 0 Å². The zero-order valence-corrected chi connectivity index (χ0v) is 11.4. The summed E-state index contributed by atoms with van der Waals surface area (Å²) in [5.74, 6) is 0.743. The van der Waals surface area contributed by atoms with Crippen LogP contribution in [0.15, 0.2) is 0 Å². The minimum absolute atomic E-state index is 0.743. The first-order valence-corrected chi connectivity index (χ1v) is 7.18. The van der Waals surface area contributed by atoms with Gasteiger partial charge in [-0.15, -0.1) is 0 Å². The maximum absolute atomic E-state index is 5.83. The predicted octanol–water partition coefficient (Wildman–Crippen LogP) is 3.01. The Hall–Kier alpha value is -0.0800. The van der Waals surface area contributed by atoms with Crippen molar-refractivity contribution in [1.29, 1.82) is 0 Å². The highest BCUT2D eigenvalue weighted by atomic mass is 15.2. The van der Waals surface area contributed by atoms with E-state index in [1.54, 1.807) is 0 Å². The van der Waals surface area contributed by atoms with E-state index in [1.165, 1.54) is 45.1 Å². The first kappa shape index (κ1) is 14.0. The molecule has 1 aliphatic rings. The van der Waals surface area contributed by atoms with Crippen LogP contribution in [0.3, 0.4) is 0 Å². The molecule has 2 heteroatoms. The molecule has 1 aliphatic heterocycles. The third kappa shape index (κ3) is 3.74. The number of piperidine rings is 1. The smallest absolute Gasteiger partial charge is 0.00980 e. The van der Waals surface area contributed by atoms with Gasteiger partial charge < -0.3 is 5.73 Å². The van der Waals surface area contributed by atoms with E-state index in [0.717, 1.165) is 24.5 Å². The molecular weight excluding hydrogens is 196 g/mol. The fourth-order valence-electron chi connectivity index (χ4n) is 3.06. The Bertz CT molecular complexity index is 176. The van der Waals surface area contributed by atoms with Crippen molar-refractivity contribution in [2.75, 3.05) is 13.1 Å². The third-order valence-electron chi connectivity index (χ3n) is 4.07. The van der Waals surface area contributed by atoms with Crippen LogP contribution in [0, 0.1) is 5.92 Å². The highest BCUT2D eigenvalue weighted by molar-refractivity contribution is 4.84. The second kappa shape index (κ2) is 7.29. The lowest BCUT2D eigenvalue weighted by Crippen LogP contribution is -2.49. The number of hydrogen-bond donors (Lipinski definition) is 1. The Morgan fingerprint density at radius 3 is 2.31 bits per heavy atom. The second-order valence-corrected chi connectivity index (χ2v) is 5.46. The second-order valence-electron chi connectivity index (χ2n) is 5.46. The molecule has 0 saturated carbocycles. The molecule has 0 amide bonds. The Labute approximate surface area is 102 Å². The van der Waals surface area contributed by atoms with Crippen LogP contribution in [0.4, 0.5) is 0 Å². The van der Waals surface area contributed by atoms with Gasteiger partial charge in [-0.25, -0.2) is 0 Å². The molecule has 2 unspecified atom stereocenters. The standard InChI is InChI=1S/C14H30N2/c1-4-6-14(7-5-2)16-11-13(10-15)9-8-12(16)3/h12-14H,4-11,15H2,1-3H3. The van der Waals surface area contributed by atoms with Crippen molar-refractivity contribution in [2.24, 2.45) is 11.7 Å². The van der Waals surface area contributed by atoms with Crippen molar-refractivity contribution in [2.45, 2.75) is 71.4 Å². The average Bonchev–Trinajstić information content (AvgIpc) is 2.29. The maximum atomic E-state index is 5.83. The first-order valence-electron chi connectivity index (χ1n) is 7.18. The lowest BCUT2D eigenvalue weighted by molar-refractivity contribution is 0.0644. The molecule has 2 N–H and O–H groups in total. The number of likely N-dealkylation sites (tertiary alicyclic amines) is 1. The van der Waals surface area contributed by atoms with Gasteiger partial charge in [0.2, 0.25) is 0 Å². The van der Waals surface area contributed by atoms with Gasteiger partial charge in [-0.2, -0.15) is 0 Å². The van der Waals surface area contributed by atoms with Gasteiger partial charge in [-0.1, -0.05) is 26.7 Å². The van der Waals surface area contributed by atoms with Gasteiger partial charge >= 0.3 is 0 Å². The summed E-state index contributed by atoms with van der Waals surface area (Å²) in [6.45, 7) is 9.11. The van der Waals surface area contributed by atoms with Crippen molar-refractivity contribution >= 4 is 0 Å². The van der Waals surface area contributed by atoms with Gasteiger partial charge in [-0.3, -0.25) is 4.90 Å². The summed E-state index contributed by atoms with van der Waals surface area (Å²) >= 11 is 0. The highest BCUT2D eigenvalue weighted by Gasteiger charge is 2.29. The molecule has 0 spiro atoms. The summed E-state index contributed by atoms with van der Waals surface area (Å²) in [4.78, 5) is 2.74. The molecule has 0 aromatic rings. The van der Waals surface area contributed by atoms with Crippen LogP contribution in [0.1, 0.15) is 59.3 Å². The van der Waals surface area contributed by atoms with Crippen LogP contribution < -0.4 is 5.73 Å². The van der Waals surface area contributed by atoms with Crippen LogP contribution in [0.25, 0.3) is 0 Å². The topological polar surface area (TPSA) is 29.3 Å². The Morgan fingerprint density at radius 1 is 1.19 bits per heavy atom. The van der Waals surface area contributed by atoms with Gasteiger partial charge in [0.25, 0.3) is 0 Å². The van der Waals surface area contributed by atoms with Crippen LogP contribution in [-0.4, -0.2) is 30.1 Å². The molecule has 2 atom stereocenters. The predicted molar refractivity (Wildman–Crippen MR) is 71.6 cm³/mol. The van der Waals surface area contributed by atoms with Crippen LogP contribution in [0.5, 0.6) is 0 Å². The fourth-order valence-corrected chi connectivity index (χ4v) is 3.06. The Morgan fingerprint density at radius 2 is 1.81 bits per heavy atom. The van der Waals surface area contributed by atoms with Crippen molar-refractivity contribution < 1.29 is 0 Å². The molecular formula is C14H30N2. The summed E-state index contributed by atoms with van der Waals surface area (Å²) in [6.07, 6.45) is 8.00. The van der Waals surface area contributed by atoms with E-state index in [2.05, 4.69) is 25.7 Å². The summed E-state index contributed by atoms with van der Waals surface area (Å²) in [5.41, 5.74) is 5.83.